The first kappa shape index (κ1) is 13.2. The van der Waals surface area contributed by atoms with Gasteiger partial charge >= 0.3 is 0 Å². The zero-order chi connectivity index (χ0) is 12.0. The van der Waals surface area contributed by atoms with E-state index >= 15 is 0 Å². The maximum absolute atomic E-state index is 11.2. The predicted molar refractivity (Wildman–Crippen MR) is 65.6 cm³/mol. The molecule has 1 rings (SSSR count). The summed E-state index contributed by atoms with van der Waals surface area (Å²) >= 11 is 3.42. The number of hydrogen-bond acceptors (Lipinski definition) is 3. The van der Waals surface area contributed by atoms with Crippen molar-refractivity contribution in [2.24, 2.45) is 0 Å². The molecule has 0 radical (unpaired) electrons. The molecular formula is C11H15BrN2O2. The minimum absolute atomic E-state index is 0.0551. The molecule has 0 aliphatic carbocycles. The van der Waals surface area contributed by atoms with Crippen LogP contribution in [-0.4, -0.2) is 31.6 Å². The molecule has 1 aromatic carbocycles. The van der Waals surface area contributed by atoms with Gasteiger partial charge in [-0.2, -0.15) is 0 Å². The lowest BCUT2D eigenvalue weighted by Gasteiger charge is -2.12. The summed E-state index contributed by atoms with van der Waals surface area (Å²) in [4.78, 5) is 11.2. The van der Waals surface area contributed by atoms with Gasteiger partial charge in [0.2, 0.25) is 0 Å². The van der Waals surface area contributed by atoms with E-state index in [9.17, 15) is 4.79 Å². The molecule has 0 spiro atoms. The number of nitrogens with one attached hydrogen (secondary N) is 1. The van der Waals surface area contributed by atoms with E-state index in [2.05, 4.69) is 21.4 Å². The molecule has 0 atom stereocenters. The predicted octanol–water partition coefficient (Wildman–Crippen LogP) is 1.56. The third-order valence-corrected chi connectivity index (χ3v) is 2.57. The highest BCUT2D eigenvalue weighted by atomic mass is 79.9. The third kappa shape index (κ3) is 4.74. The summed E-state index contributed by atoms with van der Waals surface area (Å²) in [5.41, 5.74) is 3.63. The fourth-order valence-corrected chi connectivity index (χ4v) is 1.55. The number of hydrazine groups is 1. The first-order valence-corrected chi connectivity index (χ1v) is 5.67. The van der Waals surface area contributed by atoms with Crippen molar-refractivity contribution in [3.05, 3.63) is 34.3 Å². The molecule has 0 aromatic heterocycles. The van der Waals surface area contributed by atoms with Crippen molar-refractivity contribution in [1.82, 2.24) is 10.4 Å². The number of hydrogen-bond donors (Lipinski definition) is 1. The number of halogens is 1. The Balaban J connectivity index is 2.31. The lowest BCUT2D eigenvalue weighted by Crippen LogP contribution is -2.38. The SMILES string of the molecule is CN(C)NC(=O)COCc1ccccc1Br. The highest BCUT2D eigenvalue weighted by Gasteiger charge is 2.03. The highest BCUT2D eigenvalue weighted by molar-refractivity contribution is 9.10. The van der Waals surface area contributed by atoms with Crippen LogP contribution in [0.1, 0.15) is 5.56 Å². The van der Waals surface area contributed by atoms with Gasteiger partial charge in [-0.05, 0) is 11.6 Å². The Bertz CT molecular complexity index is 356. The summed E-state index contributed by atoms with van der Waals surface area (Å²) in [6, 6.07) is 7.77. The fourth-order valence-electron chi connectivity index (χ4n) is 1.15. The lowest BCUT2D eigenvalue weighted by molar-refractivity contribution is -0.129. The zero-order valence-electron chi connectivity index (χ0n) is 9.37. The summed E-state index contributed by atoms with van der Waals surface area (Å²) in [7, 11) is 3.51. The molecule has 88 valence electrons. The van der Waals surface area contributed by atoms with Gasteiger partial charge in [-0.1, -0.05) is 34.1 Å². The van der Waals surface area contributed by atoms with Crippen LogP contribution in [0.25, 0.3) is 0 Å². The average Bonchev–Trinajstić information content (AvgIpc) is 2.19. The standard InChI is InChI=1S/C11H15BrN2O2/c1-14(2)13-11(15)8-16-7-9-5-3-4-6-10(9)12/h3-6H,7-8H2,1-2H3,(H,13,15). The van der Waals surface area contributed by atoms with Crippen LogP contribution in [0, 0.1) is 0 Å². The summed E-state index contributed by atoms with van der Waals surface area (Å²) < 4.78 is 6.28. The number of rotatable bonds is 5. The Morgan fingerprint density at radius 3 is 2.75 bits per heavy atom. The van der Waals surface area contributed by atoms with Gasteiger partial charge in [-0.25, -0.2) is 5.01 Å². The summed E-state index contributed by atoms with van der Waals surface area (Å²) in [6.45, 7) is 0.474. The number of carbonyl (C=O) groups excluding carboxylic acids is 1. The molecule has 0 aliphatic heterocycles. The van der Waals surface area contributed by atoms with Gasteiger partial charge < -0.3 is 4.74 Å². The van der Waals surface area contributed by atoms with Crippen LogP contribution in [0.15, 0.2) is 28.7 Å². The third-order valence-electron chi connectivity index (χ3n) is 1.80. The number of nitrogens with zero attached hydrogens (tertiary/aromatic N) is 1. The molecule has 0 saturated heterocycles. The van der Waals surface area contributed by atoms with Crippen molar-refractivity contribution >= 4 is 21.8 Å². The summed E-state index contributed by atoms with van der Waals surface area (Å²) in [6.07, 6.45) is 0. The zero-order valence-corrected chi connectivity index (χ0v) is 11.0. The quantitative estimate of drug-likeness (QED) is 0.836. The smallest absolute Gasteiger partial charge is 0.260 e. The lowest BCUT2D eigenvalue weighted by atomic mass is 10.2. The van der Waals surface area contributed by atoms with Crippen molar-refractivity contribution in [2.45, 2.75) is 6.61 Å². The molecule has 4 nitrogen and oxygen atoms in total. The maximum atomic E-state index is 11.2. The van der Waals surface area contributed by atoms with E-state index in [1.165, 1.54) is 0 Å². The fraction of sp³-hybridized carbons (Fsp3) is 0.364. The second-order valence-electron chi connectivity index (χ2n) is 3.51. The Morgan fingerprint density at radius 2 is 2.12 bits per heavy atom. The number of ether oxygens (including phenoxy) is 1. The normalized spacial score (nSPS) is 10.5. The second-order valence-corrected chi connectivity index (χ2v) is 4.37. The van der Waals surface area contributed by atoms with E-state index in [-0.39, 0.29) is 12.5 Å². The molecule has 0 fully saturated rings. The van der Waals surface area contributed by atoms with E-state index in [4.69, 9.17) is 4.74 Å². The molecule has 5 heteroatoms. The van der Waals surface area contributed by atoms with E-state index in [1.807, 2.05) is 24.3 Å². The molecular weight excluding hydrogens is 272 g/mol. The van der Waals surface area contributed by atoms with Crippen LogP contribution in [0.5, 0.6) is 0 Å². The van der Waals surface area contributed by atoms with Crippen molar-refractivity contribution in [3.63, 3.8) is 0 Å². The van der Waals surface area contributed by atoms with Gasteiger partial charge in [0.05, 0.1) is 6.61 Å². The Hall–Kier alpha value is -0.910. The van der Waals surface area contributed by atoms with Crippen LogP contribution in [-0.2, 0) is 16.1 Å². The molecule has 1 aromatic rings. The molecule has 0 aliphatic rings. The van der Waals surface area contributed by atoms with E-state index in [1.54, 1.807) is 19.1 Å². The minimum atomic E-state index is -0.156. The summed E-state index contributed by atoms with van der Waals surface area (Å²) in [5, 5.41) is 1.59. The van der Waals surface area contributed by atoms with Crippen LogP contribution in [0.3, 0.4) is 0 Å². The molecule has 0 bridgehead atoms. The molecule has 0 saturated carbocycles. The molecule has 1 amide bonds. The first-order chi connectivity index (χ1) is 7.59. The van der Waals surface area contributed by atoms with Crippen LogP contribution in [0.4, 0.5) is 0 Å². The highest BCUT2D eigenvalue weighted by Crippen LogP contribution is 2.16. The number of benzene rings is 1. The molecule has 1 N–H and O–H groups in total. The van der Waals surface area contributed by atoms with Crippen LogP contribution < -0.4 is 5.43 Å². The van der Waals surface area contributed by atoms with Gasteiger partial charge in [-0.15, -0.1) is 0 Å². The van der Waals surface area contributed by atoms with Crippen LogP contribution in [0.2, 0.25) is 0 Å². The first-order valence-electron chi connectivity index (χ1n) is 4.87. The second kappa shape index (κ2) is 6.62. The molecule has 0 unspecified atom stereocenters. The largest absolute Gasteiger partial charge is 0.367 e. The molecule has 16 heavy (non-hydrogen) atoms. The molecule has 0 heterocycles. The van der Waals surface area contributed by atoms with Gasteiger partial charge in [0.1, 0.15) is 6.61 Å². The number of amides is 1. The van der Waals surface area contributed by atoms with Gasteiger partial charge in [0.25, 0.3) is 5.91 Å². The Kier molecular flexibility index (Phi) is 5.45. The van der Waals surface area contributed by atoms with Gasteiger partial charge in [0, 0.05) is 18.6 Å². The van der Waals surface area contributed by atoms with Gasteiger partial charge in [-0.3, -0.25) is 10.2 Å². The maximum Gasteiger partial charge on any atom is 0.260 e. The van der Waals surface area contributed by atoms with Crippen molar-refractivity contribution < 1.29 is 9.53 Å². The monoisotopic (exact) mass is 286 g/mol. The van der Waals surface area contributed by atoms with Gasteiger partial charge in [0.15, 0.2) is 0 Å². The Labute approximate surface area is 104 Å². The minimum Gasteiger partial charge on any atom is -0.367 e. The van der Waals surface area contributed by atoms with Crippen molar-refractivity contribution in [1.29, 1.82) is 0 Å². The van der Waals surface area contributed by atoms with E-state index in [0.29, 0.717) is 6.61 Å². The topological polar surface area (TPSA) is 41.6 Å². The average molecular weight is 287 g/mol. The number of carbonyl (C=O) groups is 1. The van der Waals surface area contributed by atoms with Crippen LogP contribution >= 0.6 is 15.9 Å². The summed E-state index contributed by atoms with van der Waals surface area (Å²) in [5.74, 6) is -0.156. The van der Waals surface area contributed by atoms with E-state index < -0.39 is 0 Å². The Morgan fingerprint density at radius 1 is 1.44 bits per heavy atom. The van der Waals surface area contributed by atoms with Crippen molar-refractivity contribution in [2.75, 3.05) is 20.7 Å². The van der Waals surface area contributed by atoms with E-state index in [0.717, 1.165) is 10.0 Å². The van der Waals surface area contributed by atoms with Crippen molar-refractivity contribution in [3.8, 4) is 0 Å².